The average molecular weight is 422 g/mol. The number of amides is 2. The lowest BCUT2D eigenvalue weighted by molar-refractivity contribution is -0.134. The van der Waals surface area contributed by atoms with Crippen molar-refractivity contribution in [1.82, 2.24) is 15.1 Å². The first-order valence-corrected chi connectivity index (χ1v) is 11.5. The molecule has 1 aliphatic rings. The van der Waals surface area contributed by atoms with Crippen molar-refractivity contribution in [3.8, 4) is 0 Å². The van der Waals surface area contributed by atoms with Gasteiger partial charge in [0.05, 0.1) is 11.8 Å². The van der Waals surface area contributed by atoms with Gasteiger partial charge >= 0.3 is 0 Å². The molecule has 5 heteroatoms. The van der Waals surface area contributed by atoms with Gasteiger partial charge in [-0.3, -0.25) is 14.5 Å². The standard InChI is InChI=1S/C26H35N3O2/c1-3-23(21-11-7-5-8-12-21)25(30)27-15-16-28-17-19-29(20-18-28)26(31)24(4-2)22-13-9-6-10-14-22/h5-14,23-24H,3-4,15-20H2,1-2H3,(H,27,30)/t23-,24+/m1/s1. The average Bonchev–Trinajstić information content (AvgIpc) is 2.82. The molecule has 1 saturated heterocycles. The molecule has 0 bridgehead atoms. The number of nitrogens with one attached hydrogen (secondary N) is 1. The van der Waals surface area contributed by atoms with Crippen LogP contribution in [0.4, 0.5) is 0 Å². The maximum Gasteiger partial charge on any atom is 0.230 e. The van der Waals surface area contributed by atoms with E-state index in [9.17, 15) is 9.59 Å². The number of hydrogen-bond acceptors (Lipinski definition) is 3. The van der Waals surface area contributed by atoms with Crippen LogP contribution in [0.1, 0.15) is 49.7 Å². The van der Waals surface area contributed by atoms with E-state index in [0.717, 1.165) is 56.7 Å². The lowest BCUT2D eigenvalue weighted by Gasteiger charge is -2.36. The first kappa shape index (κ1) is 23.0. The molecule has 1 heterocycles. The molecule has 0 aromatic heterocycles. The Hall–Kier alpha value is -2.66. The summed E-state index contributed by atoms with van der Waals surface area (Å²) in [4.78, 5) is 30.0. The van der Waals surface area contributed by atoms with Crippen LogP contribution in [-0.4, -0.2) is 60.9 Å². The van der Waals surface area contributed by atoms with Crippen molar-refractivity contribution in [2.75, 3.05) is 39.3 Å². The Labute approximate surface area is 186 Å². The normalized spacial score (nSPS) is 16.5. The van der Waals surface area contributed by atoms with Gasteiger partial charge in [0.2, 0.25) is 11.8 Å². The minimum absolute atomic E-state index is 0.0593. The molecule has 2 aromatic rings. The number of carbonyl (C=O) groups excluding carboxylic acids is 2. The second-order valence-corrected chi connectivity index (χ2v) is 8.20. The zero-order chi connectivity index (χ0) is 22.1. The molecule has 2 atom stereocenters. The van der Waals surface area contributed by atoms with Crippen molar-refractivity contribution >= 4 is 11.8 Å². The summed E-state index contributed by atoms with van der Waals surface area (Å²) in [6.07, 6.45) is 1.60. The van der Waals surface area contributed by atoms with Crippen molar-refractivity contribution in [1.29, 1.82) is 0 Å². The van der Waals surface area contributed by atoms with E-state index in [2.05, 4.69) is 17.1 Å². The monoisotopic (exact) mass is 421 g/mol. The summed E-state index contributed by atoms with van der Waals surface area (Å²) < 4.78 is 0. The number of benzene rings is 2. The summed E-state index contributed by atoms with van der Waals surface area (Å²) in [6, 6.07) is 20.0. The maximum atomic E-state index is 13.0. The number of nitrogens with zero attached hydrogens (tertiary/aromatic N) is 2. The van der Waals surface area contributed by atoms with Crippen molar-refractivity contribution < 1.29 is 9.59 Å². The smallest absolute Gasteiger partial charge is 0.230 e. The van der Waals surface area contributed by atoms with Crippen molar-refractivity contribution in [2.45, 2.75) is 38.5 Å². The zero-order valence-corrected chi connectivity index (χ0v) is 18.8. The number of carbonyl (C=O) groups is 2. The Morgan fingerprint density at radius 3 is 1.84 bits per heavy atom. The second kappa shape index (κ2) is 11.7. The minimum Gasteiger partial charge on any atom is -0.354 e. The molecule has 0 unspecified atom stereocenters. The number of piperazine rings is 1. The van der Waals surface area contributed by atoms with Gasteiger partial charge in [-0.2, -0.15) is 0 Å². The fraction of sp³-hybridized carbons (Fsp3) is 0.462. The lowest BCUT2D eigenvalue weighted by Crippen LogP contribution is -2.51. The molecule has 1 N–H and O–H groups in total. The minimum atomic E-state index is -0.0976. The fourth-order valence-corrected chi connectivity index (χ4v) is 4.37. The van der Waals surface area contributed by atoms with Crippen molar-refractivity contribution in [3.05, 3.63) is 71.8 Å². The molecule has 31 heavy (non-hydrogen) atoms. The largest absolute Gasteiger partial charge is 0.354 e. The molecule has 0 aliphatic carbocycles. The Bertz CT molecular complexity index is 814. The SMILES string of the molecule is CC[C@H](C(=O)N1CCN(CCNC(=O)[C@H](CC)c2ccccc2)CC1)c1ccccc1. The molecule has 2 aromatic carbocycles. The lowest BCUT2D eigenvalue weighted by atomic mass is 9.95. The van der Waals surface area contributed by atoms with Gasteiger partial charge in [-0.25, -0.2) is 0 Å². The van der Waals surface area contributed by atoms with E-state index in [0.29, 0.717) is 6.54 Å². The van der Waals surface area contributed by atoms with Gasteiger partial charge in [0.25, 0.3) is 0 Å². The summed E-state index contributed by atoms with van der Waals surface area (Å²) in [5, 5.41) is 3.10. The van der Waals surface area contributed by atoms with Crippen LogP contribution in [0.3, 0.4) is 0 Å². The van der Waals surface area contributed by atoms with Crippen LogP contribution in [0.15, 0.2) is 60.7 Å². The Kier molecular flexibility index (Phi) is 8.65. The highest BCUT2D eigenvalue weighted by Crippen LogP contribution is 2.23. The second-order valence-electron chi connectivity index (χ2n) is 8.20. The Balaban J connectivity index is 1.43. The summed E-state index contributed by atoms with van der Waals surface area (Å²) in [7, 11) is 0. The van der Waals surface area contributed by atoms with Crippen LogP contribution in [0.5, 0.6) is 0 Å². The molecule has 1 fully saturated rings. The highest BCUT2D eigenvalue weighted by molar-refractivity contribution is 5.84. The molecule has 166 valence electrons. The highest BCUT2D eigenvalue weighted by Gasteiger charge is 2.27. The summed E-state index contributed by atoms with van der Waals surface area (Å²) in [6.45, 7) is 8.77. The molecule has 0 saturated carbocycles. The summed E-state index contributed by atoms with van der Waals surface area (Å²) in [5.74, 6) is 0.169. The predicted octanol–water partition coefficient (Wildman–Crippen LogP) is 3.63. The first-order valence-electron chi connectivity index (χ1n) is 11.5. The Morgan fingerprint density at radius 2 is 1.32 bits per heavy atom. The zero-order valence-electron chi connectivity index (χ0n) is 18.8. The van der Waals surface area contributed by atoms with Gasteiger partial charge in [-0.15, -0.1) is 0 Å². The third-order valence-electron chi connectivity index (χ3n) is 6.25. The predicted molar refractivity (Wildman–Crippen MR) is 125 cm³/mol. The van der Waals surface area contributed by atoms with Crippen LogP contribution in [0.25, 0.3) is 0 Å². The van der Waals surface area contributed by atoms with Gasteiger partial charge in [-0.1, -0.05) is 74.5 Å². The maximum absolute atomic E-state index is 13.0. The van der Waals surface area contributed by atoms with Crippen molar-refractivity contribution in [3.63, 3.8) is 0 Å². The van der Waals surface area contributed by atoms with E-state index in [-0.39, 0.29) is 23.7 Å². The quantitative estimate of drug-likeness (QED) is 0.673. The van der Waals surface area contributed by atoms with Gasteiger partial charge in [0.1, 0.15) is 0 Å². The molecular weight excluding hydrogens is 386 g/mol. The van der Waals surface area contributed by atoms with E-state index in [1.54, 1.807) is 0 Å². The summed E-state index contributed by atoms with van der Waals surface area (Å²) in [5.41, 5.74) is 2.17. The molecule has 2 amide bonds. The van der Waals surface area contributed by atoms with Crippen molar-refractivity contribution in [2.24, 2.45) is 0 Å². The van der Waals surface area contributed by atoms with E-state index in [4.69, 9.17) is 0 Å². The molecule has 5 nitrogen and oxygen atoms in total. The molecule has 3 rings (SSSR count). The molecule has 1 aliphatic heterocycles. The van der Waals surface area contributed by atoms with Crippen LogP contribution in [-0.2, 0) is 9.59 Å². The van der Waals surface area contributed by atoms with Crippen LogP contribution < -0.4 is 5.32 Å². The third-order valence-corrected chi connectivity index (χ3v) is 6.25. The third kappa shape index (κ3) is 6.17. The number of rotatable bonds is 9. The van der Waals surface area contributed by atoms with E-state index < -0.39 is 0 Å². The molecule has 0 radical (unpaired) electrons. The van der Waals surface area contributed by atoms with E-state index >= 15 is 0 Å². The molecule has 0 spiro atoms. The van der Waals surface area contributed by atoms with Crippen LogP contribution in [0, 0.1) is 0 Å². The molecular formula is C26H35N3O2. The Morgan fingerprint density at radius 1 is 0.806 bits per heavy atom. The van der Waals surface area contributed by atoms with Crippen LogP contribution in [0.2, 0.25) is 0 Å². The highest BCUT2D eigenvalue weighted by atomic mass is 16.2. The van der Waals surface area contributed by atoms with Gasteiger partial charge in [0, 0.05) is 39.3 Å². The summed E-state index contributed by atoms with van der Waals surface area (Å²) >= 11 is 0. The topological polar surface area (TPSA) is 52.7 Å². The fourth-order valence-electron chi connectivity index (χ4n) is 4.37. The van der Waals surface area contributed by atoms with E-state index in [1.807, 2.05) is 72.5 Å². The van der Waals surface area contributed by atoms with Gasteiger partial charge < -0.3 is 10.2 Å². The van der Waals surface area contributed by atoms with Crippen LogP contribution >= 0.6 is 0 Å². The van der Waals surface area contributed by atoms with Gasteiger partial charge in [0.15, 0.2) is 0 Å². The van der Waals surface area contributed by atoms with E-state index in [1.165, 1.54) is 0 Å². The number of hydrogen-bond donors (Lipinski definition) is 1. The first-order chi connectivity index (χ1) is 15.1. The van der Waals surface area contributed by atoms with Gasteiger partial charge in [-0.05, 0) is 24.0 Å².